The first kappa shape index (κ1) is 29.7. The molecule has 1 amide bonds. The van der Waals surface area contributed by atoms with Crippen molar-refractivity contribution in [3.8, 4) is 5.75 Å². The average Bonchev–Trinajstić information content (AvgIpc) is 3.32. The van der Waals surface area contributed by atoms with Crippen molar-refractivity contribution >= 4 is 23.8 Å². The van der Waals surface area contributed by atoms with E-state index in [4.69, 9.17) is 14.2 Å². The molecule has 1 aliphatic heterocycles. The van der Waals surface area contributed by atoms with E-state index >= 15 is 0 Å². The van der Waals surface area contributed by atoms with Gasteiger partial charge < -0.3 is 19.3 Å². The van der Waals surface area contributed by atoms with Crippen molar-refractivity contribution < 1.29 is 37.7 Å². The summed E-state index contributed by atoms with van der Waals surface area (Å²) < 4.78 is 45.7. The SMILES string of the molecule is CSc1ccc(OC(C)(C)C(O)(COC(=O)[C@@H]2CCCN2C(=O)OC(C)(C)C)c2ccc(F)cc2F)cc1. The van der Waals surface area contributed by atoms with Gasteiger partial charge in [-0.25, -0.2) is 18.4 Å². The molecule has 0 aromatic heterocycles. The molecule has 1 unspecified atom stereocenters. The second-order valence-corrected chi connectivity index (χ2v) is 11.6. The van der Waals surface area contributed by atoms with E-state index in [0.717, 1.165) is 17.0 Å². The molecule has 0 aliphatic carbocycles. The van der Waals surface area contributed by atoms with E-state index in [0.29, 0.717) is 31.2 Å². The second kappa shape index (κ2) is 11.5. The summed E-state index contributed by atoms with van der Waals surface area (Å²) in [5.74, 6) is -2.22. The highest BCUT2D eigenvalue weighted by molar-refractivity contribution is 7.98. The molecule has 2 aromatic carbocycles. The number of rotatable bonds is 8. The van der Waals surface area contributed by atoms with Gasteiger partial charge in [0.15, 0.2) is 5.60 Å². The van der Waals surface area contributed by atoms with Crippen LogP contribution in [0.25, 0.3) is 0 Å². The smallest absolute Gasteiger partial charge is 0.411 e. The lowest BCUT2D eigenvalue weighted by Crippen LogP contribution is -2.56. The lowest BCUT2D eigenvalue weighted by molar-refractivity contribution is -0.179. The van der Waals surface area contributed by atoms with Crippen LogP contribution in [0.4, 0.5) is 13.6 Å². The van der Waals surface area contributed by atoms with E-state index in [2.05, 4.69) is 0 Å². The molecule has 0 radical (unpaired) electrons. The predicted molar refractivity (Wildman–Crippen MR) is 140 cm³/mol. The lowest BCUT2D eigenvalue weighted by Gasteiger charge is -2.42. The van der Waals surface area contributed by atoms with Gasteiger partial charge in [-0.2, -0.15) is 0 Å². The number of esters is 1. The summed E-state index contributed by atoms with van der Waals surface area (Å²) in [5, 5.41) is 11.9. The summed E-state index contributed by atoms with van der Waals surface area (Å²) in [7, 11) is 0. The van der Waals surface area contributed by atoms with Crippen LogP contribution in [0.1, 0.15) is 53.0 Å². The minimum atomic E-state index is -2.23. The van der Waals surface area contributed by atoms with Gasteiger partial charge in [0, 0.05) is 23.1 Å². The Balaban J connectivity index is 1.87. The van der Waals surface area contributed by atoms with Gasteiger partial charge in [0.1, 0.15) is 41.2 Å². The van der Waals surface area contributed by atoms with Crippen LogP contribution in [-0.4, -0.2) is 58.7 Å². The van der Waals surface area contributed by atoms with E-state index in [1.807, 2.05) is 18.4 Å². The third-order valence-corrected chi connectivity index (χ3v) is 7.12. The molecule has 7 nitrogen and oxygen atoms in total. The fraction of sp³-hybridized carbons (Fsp3) is 0.500. The van der Waals surface area contributed by atoms with Crippen LogP contribution >= 0.6 is 11.8 Å². The molecule has 0 spiro atoms. The molecule has 0 saturated carbocycles. The fourth-order valence-electron chi connectivity index (χ4n) is 4.25. The van der Waals surface area contributed by atoms with Crippen LogP contribution in [0.3, 0.4) is 0 Å². The quantitative estimate of drug-likeness (QED) is 0.334. The Hall–Kier alpha value is -2.85. The van der Waals surface area contributed by atoms with Crippen LogP contribution in [0.15, 0.2) is 47.4 Å². The first-order valence-electron chi connectivity index (χ1n) is 12.3. The van der Waals surface area contributed by atoms with Crippen molar-refractivity contribution in [1.29, 1.82) is 0 Å². The van der Waals surface area contributed by atoms with Crippen LogP contribution in [0, 0.1) is 11.6 Å². The third kappa shape index (κ3) is 6.77. The number of halogens is 2. The molecule has 1 fully saturated rings. The molecule has 0 bridgehead atoms. The number of amides is 1. The Labute approximate surface area is 226 Å². The lowest BCUT2D eigenvalue weighted by atomic mass is 9.79. The Kier molecular flexibility index (Phi) is 8.98. The van der Waals surface area contributed by atoms with Gasteiger partial charge in [-0.05, 0) is 84.0 Å². The van der Waals surface area contributed by atoms with Gasteiger partial charge in [-0.15, -0.1) is 11.8 Å². The van der Waals surface area contributed by atoms with Crippen molar-refractivity contribution in [3.63, 3.8) is 0 Å². The Morgan fingerprint density at radius 2 is 1.74 bits per heavy atom. The number of ether oxygens (including phenoxy) is 3. The number of thioether (sulfide) groups is 1. The van der Waals surface area contributed by atoms with E-state index < -0.39 is 53.1 Å². The number of likely N-dealkylation sites (tertiary alicyclic amines) is 1. The third-order valence-electron chi connectivity index (χ3n) is 6.38. The molecular formula is C28H35F2NO6S. The maximum Gasteiger partial charge on any atom is 0.411 e. The standard InChI is InChI=1S/C28H35F2NO6S/c1-26(2,3)37-25(33)31-15-7-8-23(31)24(32)35-17-28(34,21-14-9-18(29)16-22(21)30)27(4,5)36-19-10-12-20(38-6)13-11-19/h9-14,16,23,34H,7-8,15,17H2,1-6H3/t23-,28?/m0/s1. The van der Waals surface area contributed by atoms with Gasteiger partial charge in [-0.3, -0.25) is 4.90 Å². The van der Waals surface area contributed by atoms with Gasteiger partial charge >= 0.3 is 12.1 Å². The molecule has 1 N–H and O–H groups in total. The summed E-state index contributed by atoms with van der Waals surface area (Å²) in [6.07, 6.45) is 2.20. The molecule has 1 heterocycles. The summed E-state index contributed by atoms with van der Waals surface area (Å²) >= 11 is 1.55. The van der Waals surface area contributed by atoms with E-state index in [-0.39, 0.29) is 5.56 Å². The van der Waals surface area contributed by atoms with Crippen LogP contribution in [-0.2, 0) is 19.9 Å². The zero-order valence-corrected chi connectivity index (χ0v) is 23.4. The number of carbonyl (C=O) groups is 2. The van der Waals surface area contributed by atoms with Crippen LogP contribution in [0.5, 0.6) is 5.75 Å². The Morgan fingerprint density at radius 1 is 1.08 bits per heavy atom. The highest BCUT2D eigenvalue weighted by Gasteiger charge is 2.51. The zero-order chi connectivity index (χ0) is 28.3. The number of hydrogen-bond acceptors (Lipinski definition) is 7. The summed E-state index contributed by atoms with van der Waals surface area (Å²) in [5.41, 5.74) is -4.82. The highest BCUT2D eigenvalue weighted by atomic mass is 32.2. The number of nitrogens with zero attached hydrogens (tertiary/aromatic N) is 1. The van der Waals surface area contributed by atoms with Crippen molar-refractivity contribution in [2.45, 2.75) is 75.2 Å². The molecule has 1 saturated heterocycles. The zero-order valence-electron chi connectivity index (χ0n) is 22.5. The maximum absolute atomic E-state index is 15.0. The predicted octanol–water partition coefficient (Wildman–Crippen LogP) is 5.67. The van der Waals surface area contributed by atoms with Gasteiger partial charge in [0.25, 0.3) is 0 Å². The molecule has 208 valence electrons. The number of benzene rings is 2. The van der Waals surface area contributed by atoms with Crippen molar-refractivity contribution in [2.24, 2.45) is 0 Å². The molecule has 10 heteroatoms. The van der Waals surface area contributed by atoms with Gasteiger partial charge in [0.2, 0.25) is 0 Å². The second-order valence-electron chi connectivity index (χ2n) is 10.7. The van der Waals surface area contributed by atoms with E-state index in [1.165, 1.54) is 18.7 Å². The highest BCUT2D eigenvalue weighted by Crippen LogP contribution is 2.39. The number of hydrogen-bond donors (Lipinski definition) is 1. The average molecular weight is 552 g/mol. The minimum Gasteiger partial charge on any atom is -0.484 e. The van der Waals surface area contributed by atoms with E-state index in [1.54, 1.807) is 44.7 Å². The Morgan fingerprint density at radius 3 is 2.32 bits per heavy atom. The summed E-state index contributed by atoms with van der Waals surface area (Å²) in [6.45, 7) is 7.82. The van der Waals surface area contributed by atoms with Gasteiger partial charge in [0.05, 0.1) is 0 Å². The van der Waals surface area contributed by atoms with Gasteiger partial charge in [-0.1, -0.05) is 6.07 Å². The molecule has 2 aromatic rings. The topological polar surface area (TPSA) is 85.3 Å². The first-order valence-corrected chi connectivity index (χ1v) is 13.6. The number of carbonyl (C=O) groups excluding carboxylic acids is 2. The van der Waals surface area contributed by atoms with E-state index in [9.17, 15) is 23.5 Å². The monoisotopic (exact) mass is 551 g/mol. The summed E-state index contributed by atoms with van der Waals surface area (Å²) in [6, 6.07) is 8.91. The molecule has 2 atom stereocenters. The minimum absolute atomic E-state index is 0.298. The molecular weight excluding hydrogens is 516 g/mol. The van der Waals surface area contributed by atoms with Crippen LogP contribution < -0.4 is 4.74 Å². The normalized spacial score (nSPS) is 17.6. The number of aliphatic hydroxyl groups is 1. The van der Waals surface area contributed by atoms with Crippen molar-refractivity contribution in [1.82, 2.24) is 4.90 Å². The largest absolute Gasteiger partial charge is 0.484 e. The first-order chi connectivity index (χ1) is 17.7. The fourth-order valence-corrected chi connectivity index (χ4v) is 4.65. The summed E-state index contributed by atoms with van der Waals surface area (Å²) in [4.78, 5) is 28.0. The molecule has 38 heavy (non-hydrogen) atoms. The van der Waals surface area contributed by atoms with Crippen molar-refractivity contribution in [3.05, 3.63) is 59.7 Å². The maximum atomic E-state index is 15.0. The molecule has 1 aliphatic rings. The Bertz CT molecular complexity index is 1150. The molecule has 3 rings (SSSR count). The van der Waals surface area contributed by atoms with Crippen LogP contribution in [0.2, 0.25) is 0 Å². The van der Waals surface area contributed by atoms with Crippen molar-refractivity contribution in [2.75, 3.05) is 19.4 Å².